The van der Waals surface area contributed by atoms with E-state index in [4.69, 9.17) is 6.58 Å². The minimum atomic E-state index is 0.966. The first-order valence-corrected chi connectivity index (χ1v) is 16.1. The Balaban J connectivity index is 1.51. The summed E-state index contributed by atoms with van der Waals surface area (Å²) in [5, 5.41) is 7.44. The van der Waals surface area contributed by atoms with Crippen LogP contribution in [0.5, 0.6) is 0 Å². The maximum atomic E-state index is 4.80. The van der Waals surface area contributed by atoms with Gasteiger partial charge in [-0.3, -0.25) is 0 Å². The Labute approximate surface area is 271 Å². The van der Waals surface area contributed by atoms with Crippen molar-refractivity contribution in [1.29, 1.82) is 0 Å². The lowest BCUT2D eigenvalue weighted by atomic mass is 9.84. The van der Waals surface area contributed by atoms with Crippen LogP contribution in [0, 0.1) is 6.92 Å². The van der Waals surface area contributed by atoms with Crippen LogP contribution < -0.4 is 4.90 Å². The minimum Gasteiger partial charge on any atom is -0.310 e. The van der Waals surface area contributed by atoms with E-state index >= 15 is 0 Å². The van der Waals surface area contributed by atoms with E-state index in [0.29, 0.717) is 0 Å². The minimum absolute atomic E-state index is 0.966. The lowest BCUT2D eigenvalue weighted by Gasteiger charge is -2.34. The van der Waals surface area contributed by atoms with E-state index in [0.717, 1.165) is 24.2 Å². The van der Waals surface area contributed by atoms with Gasteiger partial charge in [-0.1, -0.05) is 140 Å². The molecule has 0 aromatic heterocycles. The highest BCUT2D eigenvalue weighted by Crippen LogP contribution is 2.50. The Morgan fingerprint density at radius 2 is 1.13 bits per heavy atom. The molecular formula is C45H35N. The summed E-state index contributed by atoms with van der Waals surface area (Å²) in [6, 6.07) is 50.7. The number of anilines is 2. The number of fused-ring (bicyclic) bond motifs is 3. The van der Waals surface area contributed by atoms with Crippen LogP contribution in [0.2, 0.25) is 0 Å². The molecule has 0 N–H and O–H groups in total. The molecule has 0 fully saturated rings. The van der Waals surface area contributed by atoms with Crippen molar-refractivity contribution in [3.05, 3.63) is 181 Å². The number of para-hydroxylation sites is 1. The number of rotatable bonds is 6. The van der Waals surface area contributed by atoms with Gasteiger partial charge in [-0.15, -0.1) is 0 Å². The molecule has 0 saturated carbocycles. The van der Waals surface area contributed by atoms with Crippen molar-refractivity contribution in [1.82, 2.24) is 0 Å². The van der Waals surface area contributed by atoms with E-state index in [2.05, 4.69) is 170 Å². The SMILES string of the molecule is C=C(C1=CC=CCC1)N(c1ccccc1)c1c(C)c(-c2ccc3ccccc3c2)c2ccccc2c1-c1ccc2ccccc2c1. The first-order valence-electron chi connectivity index (χ1n) is 16.1. The summed E-state index contributed by atoms with van der Waals surface area (Å²) in [5.41, 5.74) is 10.7. The third kappa shape index (κ3) is 4.82. The summed E-state index contributed by atoms with van der Waals surface area (Å²) in [7, 11) is 0. The molecule has 0 saturated heterocycles. The third-order valence-electron chi connectivity index (χ3n) is 9.40. The van der Waals surface area contributed by atoms with Crippen LogP contribution in [0.15, 0.2) is 176 Å². The molecule has 0 atom stereocenters. The molecule has 7 aromatic rings. The molecular weight excluding hydrogens is 555 g/mol. The molecule has 0 amide bonds. The second-order valence-electron chi connectivity index (χ2n) is 12.2. The molecule has 1 aliphatic carbocycles. The first kappa shape index (κ1) is 27.9. The maximum absolute atomic E-state index is 4.80. The van der Waals surface area contributed by atoms with E-state index < -0.39 is 0 Å². The van der Waals surface area contributed by atoms with Crippen LogP contribution in [0.3, 0.4) is 0 Å². The van der Waals surface area contributed by atoms with Crippen molar-refractivity contribution in [2.24, 2.45) is 0 Å². The molecule has 46 heavy (non-hydrogen) atoms. The quantitative estimate of drug-likeness (QED) is 0.186. The predicted molar refractivity (Wildman–Crippen MR) is 199 cm³/mol. The fraction of sp³-hybridized carbons (Fsp3) is 0.0667. The van der Waals surface area contributed by atoms with Gasteiger partial charge in [-0.05, 0) is 104 Å². The van der Waals surface area contributed by atoms with Crippen LogP contribution in [0.25, 0.3) is 54.6 Å². The van der Waals surface area contributed by atoms with Crippen LogP contribution in [0.1, 0.15) is 18.4 Å². The number of nitrogens with zero attached hydrogens (tertiary/aromatic N) is 1. The van der Waals surface area contributed by atoms with E-state index in [1.807, 2.05) is 0 Å². The Morgan fingerprint density at radius 1 is 0.587 bits per heavy atom. The topological polar surface area (TPSA) is 3.24 Å². The van der Waals surface area contributed by atoms with Gasteiger partial charge in [0.2, 0.25) is 0 Å². The standard InChI is InChI=1S/C45H35N/c1-31-43(38-27-25-34-17-9-11-19-36(34)29-38)41-23-13-14-24-42(41)44(39-28-26-35-18-10-12-20-37(35)30-39)45(31)46(40-21-7-4-8-22-40)32(2)33-15-5-3-6-16-33/h3-5,7-15,17-30H,2,6,16H2,1H3. The highest BCUT2D eigenvalue weighted by atomic mass is 15.2. The second-order valence-corrected chi connectivity index (χ2v) is 12.2. The molecule has 1 nitrogen and oxygen atoms in total. The number of hydrogen-bond donors (Lipinski definition) is 0. The Morgan fingerprint density at radius 3 is 1.74 bits per heavy atom. The molecule has 0 bridgehead atoms. The Hall–Kier alpha value is -5.66. The van der Waals surface area contributed by atoms with Crippen molar-refractivity contribution in [2.45, 2.75) is 19.8 Å². The fourth-order valence-corrected chi connectivity index (χ4v) is 7.17. The van der Waals surface area contributed by atoms with Crippen LogP contribution in [0.4, 0.5) is 11.4 Å². The van der Waals surface area contributed by atoms with Gasteiger partial charge < -0.3 is 4.90 Å². The highest BCUT2D eigenvalue weighted by Gasteiger charge is 2.27. The summed E-state index contributed by atoms with van der Waals surface area (Å²) in [5.74, 6) is 0. The number of hydrogen-bond acceptors (Lipinski definition) is 1. The lowest BCUT2D eigenvalue weighted by Crippen LogP contribution is -2.20. The molecule has 220 valence electrons. The van der Waals surface area contributed by atoms with E-state index in [-0.39, 0.29) is 0 Å². The Kier molecular flexibility index (Phi) is 7.08. The predicted octanol–water partition coefficient (Wildman–Crippen LogP) is 12.7. The van der Waals surface area contributed by atoms with E-state index in [9.17, 15) is 0 Å². The van der Waals surface area contributed by atoms with Gasteiger partial charge in [0, 0.05) is 16.9 Å². The zero-order valence-corrected chi connectivity index (χ0v) is 26.1. The summed E-state index contributed by atoms with van der Waals surface area (Å²) < 4.78 is 0. The lowest BCUT2D eigenvalue weighted by molar-refractivity contribution is 0.952. The van der Waals surface area contributed by atoms with Crippen molar-refractivity contribution in [2.75, 3.05) is 4.90 Å². The molecule has 1 heteroatoms. The highest BCUT2D eigenvalue weighted by molar-refractivity contribution is 6.14. The zero-order valence-electron chi connectivity index (χ0n) is 26.1. The summed E-state index contributed by atoms with van der Waals surface area (Å²) in [4.78, 5) is 2.42. The number of allylic oxidation sites excluding steroid dienone is 4. The van der Waals surface area contributed by atoms with Crippen molar-refractivity contribution >= 4 is 43.7 Å². The largest absolute Gasteiger partial charge is 0.310 e. The van der Waals surface area contributed by atoms with Crippen LogP contribution >= 0.6 is 0 Å². The maximum Gasteiger partial charge on any atom is 0.0581 e. The molecule has 8 rings (SSSR count). The molecule has 0 spiro atoms. The van der Waals surface area contributed by atoms with Gasteiger partial charge in [-0.25, -0.2) is 0 Å². The zero-order chi connectivity index (χ0) is 31.0. The first-order chi connectivity index (χ1) is 22.7. The van der Waals surface area contributed by atoms with Gasteiger partial charge in [0.25, 0.3) is 0 Å². The molecule has 1 aliphatic rings. The van der Waals surface area contributed by atoms with Gasteiger partial charge >= 0.3 is 0 Å². The average molecular weight is 590 g/mol. The van der Waals surface area contributed by atoms with Crippen molar-refractivity contribution in [3.8, 4) is 22.3 Å². The summed E-state index contributed by atoms with van der Waals surface area (Å²) in [6.45, 7) is 7.11. The molecule has 0 aliphatic heterocycles. The van der Waals surface area contributed by atoms with E-state index in [1.165, 1.54) is 71.4 Å². The molecule has 0 radical (unpaired) electrons. The van der Waals surface area contributed by atoms with Gasteiger partial charge in [-0.2, -0.15) is 0 Å². The van der Waals surface area contributed by atoms with Crippen LogP contribution in [-0.2, 0) is 0 Å². The van der Waals surface area contributed by atoms with Crippen molar-refractivity contribution in [3.63, 3.8) is 0 Å². The second kappa shape index (κ2) is 11.7. The average Bonchev–Trinajstić information content (AvgIpc) is 3.12. The summed E-state index contributed by atoms with van der Waals surface area (Å²) in [6.07, 6.45) is 8.63. The van der Waals surface area contributed by atoms with Gasteiger partial charge in [0.15, 0.2) is 0 Å². The Bertz CT molecular complexity index is 2340. The molecule has 0 heterocycles. The van der Waals surface area contributed by atoms with Gasteiger partial charge in [0.1, 0.15) is 0 Å². The number of benzene rings is 7. The van der Waals surface area contributed by atoms with E-state index in [1.54, 1.807) is 0 Å². The van der Waals surface area contributed by atoms with Crippen LogP contribution in [-0.4, -0.2) is 0 Å². The van der Waals surface area contributed by atoms with Crippen molar-refractivity contribution < 1.29 is 0 Å². The normalized spacial score (nSPS) is 12.8. The fourth-order valence-electron chi connectivity index (χ4n) is 7.17. The monoisotopic (exact) mass is 589 g/mol. The molecule has 7 aromatic carbocycles. The smallest absolute Gasteiger partial charge is 0.0581 e. The molecule has 0 unspecified atom stereocenters. The third-order valence-corrected chi connectivity index (χ3v) is 9.40. The summed E-state index contributed by atoms with van der Waals surface area (Å²) >= 11 is 0. The van der Waals surface area contributed by atoms with Gasteiger partial charge in [0.05, 0.1) is 5.69 Å².